The molecule has 0 aliphatic carbocycles. The number of hydrogen-bond acceptors (Lipinski definition) is 5. The third-order valence-electron chi connectivity index (χ3n) is 4.68. The van der Waals surface area contributed by atoms with E-state index in [4.69, 9.17) is 0 Å². The van der Waals surface area contributed by atoms with Crippen molar-refractivity contribution in [1.82, 2.24) is 19.9 Å². The molecule has 0 radical (unpaired) electrons. The van der Waals surface area contributed by atoms with Crippen LogP contribution in [0.3, 0.4) is 0 Å². The number of aromatic amines is 2. The molecule has 1 fully saturated rings. The van der Waals surface area contributed by atoms with Crippen LogP contribution in [0.1, 0.15) is 24.3 Å². The number of ether oxygens (including phenoxy) is 1. The number of benzene rings is 1. The molecule has 1 aliphatic heterocycles. The number of anilines is 1. The summed E-state index contributed by atoms with van der Waals surface area (Å²) in [6.07, 6.45) is -1.64. The van der Waals surface area contributed by atoms with Gasteiger partial charge in [-0.2, -0.15) is 0 Å². The van der Waals surface area contributed by atoms with E-state index in [2.05, 4.69) is 29.6 Å². The zero-order chi connectivity index (χ0) is 19.0. The standard InChI is InChI=1S/C17H16F3N5O2/c18-17(19,20)27-12-3-1-10(2-4-12)11-5-7-25(8-6-11)15-13-14(21-9-22-15)24-16(26)23-13/h1-4,9,11H,5-8H2,(H2,21,22,23,24,26). The maximum atomic E-state index is 12.3. The molecule has 3 aromatic rings. The maximum Gasteiger partial charge on any atom is 0.573 e. The summed E-state index contributed by atoms with van der Waals surface area (Å²) in [7, 11) is 0. The number of nitrogens with zero attached hydrogens (tertiary/aromatic N) is 3. The van der Waals surface area contributed by atoms with Crippen molar-refractivity contribution in [3.8, 4) is 5.75 Å². The van der Waals surface area contributed by atoms with Crippen LogP contribution in [0.15, 0.2) is 35.4 Å². The molecule has 0 amide bonds. The van der Waals surface area contributed by atoms with Gasteiger partial charge in [-0.25, -0.2) is 14.8 Å². The number of hydrogen-bond donors (Lipinski definition) is 2. The topological polar surface area (TPSA) is 86.9 Å². The molecule has 142 valence electrons. The van der Waals surface area contributed by atoms with Crippen molar-refractivity contribution in [1.29, 1.82) is 0 Å². The zero-order valence-electron chi connectivity index (χ0n) is 14.1. The fraction of sp³-hybridized carbons (Fsp3) is 0.353. The highest BCUT2D eigenvalue weighted by atomic mass is 19.4. The Morgan fingerprint density at radius 2 is 1.78 bits per heavy atom. The molecule has 7 nitrogen and oxygen atoms in total. The van der Waals surface area contributed by atoms with Crippen molar-refractivity contribution in [2.45, 2.75) is 25.1 Å². The van der Waals surface area contributed by atoms with E-state index >= 15 is 0 Å². The first-order valence-corrected chi connectivity index (χ1v) is 8.43. The van der Waals surface area contributed by atoms with E-state index in [1.54, 1.807) is 12.1 Å². The summed E-state index contributed by atoms with van der Waals surface area (Å²) in [6, 6.07) is 6.03. The molecule has 0 unspecified atom stereocenters. The largest absolute Gasteiger partial charge is 0.573 e. The number of imidazole rings is 1. The minimum absolute atomic E-state index is 0.219. The van der Waals surface area contributed by atoms with Gasteiger partial charge in [-0.05, 0) is 36.5 Å². The molecule has 1 aromatic carbocycles. The molecule has 1 saturated heterocycles. The van der Waals surface area contributed by atoms with Gasteiger partial charge in [0, 0.05) is 13.1 Å². The highest BCUT2D eigenvalue weighted by Crippen LogP contribution is 2.32. The number of halogens is 3. The zero-order valence-corrected chi connectivity index (χ0v) is 14.1. The van der Waals surface area contributed by atoms with Gasteiger partial charge >= 0.3 is 12.1 Å². The molecule has 1 aliphatic rings. The number of fused-ring (bicyclic) bond motifs is 1. The molecule has 0 atom stereocenters. The van der Waals surface area contributed by atoms with Crippen LogP contribution < -0.4 is 15.3 Å². The van der Waals surface area contributed by atoms with Gasteiger partial charge in [0.2, 0.25) is 0 Å². The Morgan fingerprint density at radius 1 is 1.07 bits per heavy atom. The SMILES string of the molecule is O=c1[nH]c2ncnc(N3CCC(c4ccc(OC(F)(F)F)cc4)CC3)c2[nH]1. The molecule has 0 spiro atoms. The number of piperidine rings is 1. The molecular weight excluding hydrogens is 363 g/mol. The van der Waals surface area contributed by atoms with Crippen LogP contribution in [0, 0.1) is 0 Å². The Labute approximate surface area is 151 Å². The van der Waals surface area contributed by atoms with Crippen molar-refractivity contribution in [2.24, 2.45) is 0 Å². The number of H-pyrrole nitrogens is 2. The van der Waals surface area contributed by atoms with Crippen molar-refractivity contribution in [3.05, 3.63) is 46.6 Å². The van der Waals surface area contributed by atoms with Gasteiger partial charge < -0.3 is 14.6 Å². The molecule has 2 N–H and O–H groups in total. The minimum Gasteiger partial charge on any atom is -0.406 e. The number of nitrogens with one attached hydrogen (secondary N) is 2. The molecule has 27 heavy (non-hydrogen) atoms. The van der Waals surface area contributed by atoms with Gasteiger partial charge in [0.15, 0.2) is 11.5 Å². The van der Waals surface area contributed by atoms with Crippen LogP contribution in [0.25, 0.3) is 11.2 Å². The first-order chi connectivity index (χ1) is 12.9. The second-order valence-electron chi connectivity index (χ2n) is 6.38. The predicted molar refractivity (Wildman–Crippen MR) is 91.8 cm³/mol. The van der Waals surface area contributed by atoms with E-state index in [1.807, 2.05) is 0 Å². The summed E-state index contributed by atoms with van der Waals surface area (Å²) >= 11 is 0. The third-order valence-corrected chi connectivity index (χ3v) is 4.68. The van der Waals surface area contributed by atoms with Crippen molar-refractivity contribution >= 4 is 17.0 Å². The Kier molecular flexibility index (Phi) is 4.25. The normalized spacial score (nSPS) is 16.0. The molecule has 0 bridgehead atoms. The lowest BCUT2D eigenvalue weighted by atomic mass is 9.89. The third kappa shape index (κ3) is 3.74. The van der Waals surface area contributed by atoms with Gasteiger partial charge in [0.1, 0.15) is 17.6 Å². The second kappa shape index (κ2) is 6.60. The first-order valence-electron chi connectivity index (χ1n) is 8.43. The Balaban J connectivity index is 1.45. The Hall–Kier alpha value is -3.04. The van der Waals surface area contributed by atoms with E-state index in [-0.39, 0.29) is 17.4 Å². The molecule has 0 saturated carbocycles. The highest BCUT2D eigenvalue weighted by Gasteiger charge is 2.31. The fourth-order valence-corrected chi connectivity index (χ4v) is 3.44. The van der Waals surface area contributed by atoms with Gasteiger partial charge in [-0.1, -0.05) is 12.1 Å². The predicted octanol–water partition coefficient (Wildman–Crippen LogP) is 2.93. The average Bonchev–Trinajstić information content (AvgIpc) is 3.01. The van der Waals surface area contributed by atoms with Crippen LogP contribution in [0.4, 0.5) is 19.0 Å². The maximum absolute atomic E-state index is 12.3. The summed E-state index contributed by atoms with van der Waals surface area (Å²) in [5, 5.41) is 0. The van der Waals surface area contributed by atoms with E-state index in [9.17, 15) is 18.0 Å². The van der Waals surface area contributed by atoms with E-state index in [1.165, 1.54) is 18.5 Å². The van der Waals surface area contributed by atoms with Crippen LogP contribution in [0.2, 0.25) is 0 Å². The Bertz CT molecular complexity index is 988. The lowest BCUT2D eigenvalue weighted by Gasteiger charge is -2.33. The summed E-state index contributed by atoms with van der Waals surface area (Å²) in [4.78, 5) is 27.2. The molecule has 4 rings (SSSR count). The molecule has 10 heteroatoms. The lowest BCUT2D eigenvalue weighted by molar-refractivity contribution is -0.274. The van der Waals surface area contributed by atoms with E-state index < -0.39 is 6.36 Å². The summed E-state index contributed by atoms with van der Waals surface area (Å²) < 4.78 is 40.7. The molecule has 2 aromatic heterocycles. The summed E-state index contributed by atoms with van der Waals surface area (Å²) in [6.45, 7) is 1.43. The van der Waals surface area contributed by atoms with Crippen LogP contribution in [-0.2, 0) is 0 Å². The quantitative estimate of drug-likeness (QED) is 0.731. The van der Waals surface area contributed by atoms with Gasteiger partial charge in [0.25, 0.3) is 0 Å². The van der Waals surface area contributed by atoms with Crippen LogP contribution >= 0.6 is 0 Å². The highest BCUT2D eigenvalue weighted by molar-refractivity contribution is 5.82. The van der Waals surface area contributed by atoms with Crippen molar-refractivity contribution in [3.63, 3.8) is 0 Å². The molecule has 3 heterocycles. The average molecular weight is 379 g/mol. The van der Waals surface area contributed by atoms with Crippen LogP contribution in [0.5, 0.6) is 5.75 Å². The van der Waals surface area contributed by atoms with Crippen molar-refractivity contribution in [2.75, 3.05) is 18.0 Å². The monoisotopic (exact) mass is 379 g/mol. The smallest absolute Gasteiger partial charge is 0.406 e. The first kappa shape index (κ1) is 17.4. The van der Waals surface area contributed by atoms with Crippen molar-refractivity contribution < 1.29 is 17.9 Å². The van der Waals surface area contributed by atoms with E-state index in [0.29, 0.717) is 30.1 Å². The van der Waals surface area contributed by atoms with Gasteiger partial charge in [-0.15, -0.1) is 13.2 Å². The summed E-state index contributed by atoms with van der Waals surface area (Å²) in [5.74, 6) is 0.693. The van der Waals surface area contributed by atoms with Gasteiger partial charge in [-0.3, -0.25) is 4.98 Å². The van der Waals surface area contributed by atoms with E-state index in [0.717, 1.165) is 18.4 Å². The second-order valence-corrected chi connectivity index (χ2v) is 6.38. The molecular formula is C17H16F3N5O2. The number of alkyl halides is 3. The minimum atomic E-state index is -4.69. The van der Waals surface area contributed by atoms with Crippen LogP contribution in [-0.4, -0.2) is 39.4 Å². The Morgan fingerprint density at radius 3 is 2.44 bits per heavy atom. The number of rotatable bonds is 3. The fourth-order valence-electron chi connectivity index (χ4n) is 3.44. The van der Waals surface area contributed by atoms with Gasteiger partial charge in [0.05, 0.1) is 0 Å². The number of aromatic nitrogens is 4. The lowest BCUT2D eigenvalue weighted by Crippen LogP contribution is -2.33. The summed E-state index contributed by atoms with van der Waals surface area (Å²) in [5.41, 5.74) is 1.69.